The zero-order valence-corrected chi connectivity index (χ0v) is 14.2. The van der Waals surface area contributed by atoms with Gasteiger partial charge in [-0.15, -0.1) is 0 Å². The Morgan fingerprint density at radius 2 is 1.15 bits per heavy atom. The molecule has 2 heterocycles. The first-order valence-corrected chi connectivity index (χ1v) is 8.60. The van der Waals surface area contributed by atoms with Gasteiger partial charge in [0.15, 0.2) is 0 Å². The maximum Gasteiger partial charge on any atom is 0.311 e. The molecule has 4 rings (SSSR count). The minimum absolute atomic E-state index is 0.217. The largest absolute Gasteiger partial charge is 0.490 e. The number of esters is 2. The fraction of sp³-hybridized carbons (Fsp3) is 0.300. The van der Waals surface area contributed by atoms with Gasteiger partial charge in [-0.25, -0.2) is 0 Å². The van der Waals surface area contributed by atoms with Crippen LogP contribution in [0.15, 0.2) is 36.4 Å². The lowest BCUT2D eigenvalue weighted by molar-refractivity contribution is -0.136. The van der Waals surface area contributed by atoms with E-state index in [1.54, 1.807) is 12.1 Å². The number of hydrogen-bond acceptors (Lipinski definition) is 6. The molecule has 0 radical (unpaired) electrons. The van der Waals surface area contributed by atoms with Gasteiger partial charge in [0.2, 0.25) is 0 Å². The second-order valence-corrected chi connectivity index (χ2v) is 6.18. The van der Waals surface area contributed by atoms with Crippen LogP contribution in [0.4, 0.5) is 0 Å². The highest BCUT2D eigenvalue weighted by atomic mass is 16.5. The fourth-order valence-corrected chi connectivity index (χ4v) is 2.99. The Hall–Kier alpha value is -3.02. The second kappa shape index (κ2) is 7.07. The highest BCUT2D eigenvalue weighted by Crippen LogP contribution is 2.30. The third kappa shape index (κ3) is 3.64. The first-order valence-electron chi connectivity index (χ1n) is 8.60. The third-order valence-corrected chi connectivity index (χ3v) is 4.34. The van der Waals surface area contributed by atoms with E-state index >= 15 is 0 Å². The van der Waals surface area contributed by atoms with Crippen molar-refractivity contribution < 1.29 is 28.5 Å². The summed E-state index contributed by atoms with van der Waals surface area (Å²) < 4.78 is 21.8. The molecule has 0 unspecified atom stereocenters. The van der Waals surface area contributed by atoms with Gasteiger partial charge in [-0.1, -0.05) is 12.1 Å². The van der Waals surface area contributed by atoms with Crippen LogP contribution >= 0.6 is 0 Å². The minimum Gasteiger partial charge on any atom is -0.490 e. The summed E-state index contributed by atoms with van der Waals surface area (Å²) in [4.78, 5) is 22.7. The van der Waals surface area contributed by atoms with E-state index in [1.165, 1.54) is 0 Å². The lowest BCUT2D eigenvalue weighted by Crippen LogP contribution is -2.16. The van der Waals surface area contributed by atoms with Gasteiger partial charge in [0.1, 0.15) is 36.2 Å². The molecule has 2 aromatic rings. The number of carbonyl (C=O) groups excluding carboxylic acids is 2. The van der Waals surface area contributed by atoms with Crippen LogP contribution in [-0.2, 0) is 22.4 Å². The van der Waals surface area contributed by atoms with Gasteiger partial charge in [0.05, 0.1) is 12.8 Å². The molecule has 134 valence electrons. The van der Waals surface area contributed by atoms with Crippen molar-refractivity contribution in [1.82, 2.24) is 0 Å². The maximum absolute atomic E-state index is 11.4. The van der Waals surface area contributed by atoms with E-state index in [0.717, 1.165) is 11.1 Å². The van der Waals surface area contributed by atoms with Crippen LogP contribution in [0.1, 0.15) is 24.0 Å². The van der Waals surface area contributed by atoms with Gasteiger partial charge in [-0.05, 0) is 36.1 Å². The van der Waals surface area contributed by atoms with Crippen LogP contribution in [0.5, 0.6) is 23.0 Å². The highest BCUT2D eigenvalue weighted by molar-refractivity contribution is 5.76. The van der Waals surface area contributed by atoms with E-state index < -0.39 is 0 Å². The summed E-state index contributed by atoms with van der Waals surface area (Å²) in [6.07, 6.45) is 2.22. The Morgan fingerprint density at radius 3 is 1.62 bits per heavy atom. The number of rotatable bonds is 5. The second-order valence-electron chi connectivity index (χ2n) is 6.18. The van der Waals surface area contributed by atoms with E-state index in [0.29, 0.717) is 61.9 Å². The zero-order valence-electron chi connectivity index (χ0n) is 14.2. The summed E-state index contributed by atoms with van der Waals surface area (Å²) in [5.74, 6) is 1.95. The molecule has 0 fully saturated rings. The molecule has 26 heavy (non-hydrogen) atoms. The fourth-order valence-electron chi connectivity index (χ4n) is 2.99. The zero-order chi connectivity index (χ0) is 17.9. The van der Waals surface area contributed by atoms with Crippen molar-refractivity contribution in [2.24, 2.45) is 0 Å². The van der Waals surface area contributed by atoms with Gasteiger partial charge in [0, 0.05) is 12.1 Å². The number of aryl methyl sites for hydroxylation is 2. The first-order chi connectivity index (χ1) is 12.7. The van der Waals surface area contributed by atoms with Crippen LogP contribution in [-0.4, -0.2) is 25.2 Å². The van der Waals surface area contributed by atoms with Crippen molar-refractivity contribution in [1.29, 1.82) is 0 Å². The number of fused-ring (bicyclic) bond motifs is 2. The Labute approximate surface area is 150 Å². The highest BCUT2D eigenvalue weighted by Gasteiger charge is 2.18. The summed E-state index contributed by atoms with van der Waals surface area (Å²) in [5, 5.41) is 0. The lowest BCUT2D eigenvalue weighted by Gasteiger charge is -2.17. The van der Waals surface area contributed by atoms with E-state index in [2.05, 4.69) is 0 Å². The Balaban J connectivity index is 1.30. The van der Waals surface area contributed by atoms with E-state index in [9.17, 15) is 9.59 Å². The smallest absolute Gasteiger partial charge is 0.311 e. The molecule has 0 amide bonds. The topological polar surface area (TPSA) is 71.1 Å². The Kier molecular flexibility index (Phi) is 4.48. The molecule has 2 aliphatic rings. The molecule has 0 aliphatic carbocycles. The monoisotopic (exact) mass is 354 g/mol. The molecule has 0 N–H and O–H groups in total. The van der Waals surface area contributed by atoms with Crippen molar-refractivity contribution in [3.63, 3.8) is 0 Å². The van der Waals surface area contributed by atoms with Crippen LogP contribution in [0.2, 0.25) is 0 Å². The number of ether oxygens (including phenoxy) is 4. The first kappa shape index (κ1) is 16.4. The molecule has 0 saturated heterocycles. The van der Waals surface area contributed by atoms with Gasteiger partial charge in [-0.2, -0.15) is 0 Å². The molecule has 2 aromatic carbocycles. The van der Waals surface area contributed by atoms with Crippen LogP contribution < -0.4 is 18.9 Å². The van der Waals surface area contributed by atoms with Crippen molar-refractivity contribution in [3.8, 4) is 23.0 Å². The van der Waals surface area contributed by atoms with Crippen LogP contribution in [0.3, 0.4) is 0 Å². The van der Waals surface area contributed by atoms with Crippen LogP contribution in [0, 0.1) is 0 Å². The van der Waals surface area contributed by atoms with Gasteiger partial charge >= 0.3 is 11.9 Å². The van der Waals surface area contributed by atoms with Gasteiger partial charge in [0.25, 0.3) is 0 Å². The van der Waals surface area contributed by atoms with Crippen LogP contribution in [0.25, 0.3) is 0 Å². The SMILES string of the molecule is O=C1CCc2ccc(OCCOc3ccc4c(c3)OC(=O)CC4)cc2O1. The molecule has 0 saturated carbocycles. The average Bonchev–Trinajstić information content (AvgIpc) is 2.64. The normalized spacial score (nSPS) is 15.4. The average molecular weight is 354 g/mol. The third-order valence-electron chi connectivity index (χ3n) is 4.34. The summed E-state index contributed by atoms with van der Waals surface area (Å²) in [5.41, 5.74) is 2.02. The molecular formula is C20H18O6. The molecule has 0 atom stereocenters. The molecule has 2 aliphatic heterocycles. The van der Waals surface area contributed by atoms with E-state index in [4.69, 9.17) is 18.9 Å². The number of benzene rings is 2. The summed E-state index contributed by atoms with van der Waals surface area (Å²) in [6.45, 7) is 0.674. The molecule has 0 bridgehead atoms. The molecule has 0 aromatic heterocycles. The predicted molar refractivity (Wildman–Crippen MR) is 91.8 cm³/mol. The van der Waals surface area contributed by atoms with E-state index in [1.807, 2.05) is 24.3 Å². The number of hydrogen-bond donors (Lipinski definition) is 0. The molecule has 6 heteroatoms. The molecule has 6 nitrogen and oxygen atoms in total. The quantitative estimate of drug-likeness (QED) is 0.467. The Bertz CT molecular complexity index is 786. The molecular weight excluding hydrogens is 336 g/mol. The van der Waals surface area contributed by atoms with Gasteiger partial charge < -0.3 is 18.9 Å². The van der Waals surface area contributed by atoms with Crippen molar-refractivity contribution in [3.05, 3.63) is 47.5 Å². The van der Waals surface area contributed by atoms with Gasteiger partial charge in [-0.3, -0.25) is 9.59 Å². The summed E-state index contributed by atoms with van der Waals surface area (Å²) >= 11 is 0. The predicted octanol–water partition coefficient (Wildman–Crippen LogP) is 2.85. The van der Waals surface area contributed by atoms with Crippen molar-refractivity contribution in [2.45, 2.75) is 25.7 Å². The lowest BCUT2D eigenvalue weighted by atomic mass is 10.1. The summed E-state index contributed by atoms with van der Waals surface area (Å²) in [6, 6.07) is 11.0. The van der Waals surface area contributed by atoms with Crippen molar-refractivity contribution in [2.75, 3.05) is 13.2 Å². The maximum atomic E-state index is 11.4. The summed E-state index contributed by atoms with van der Waals surface area (Å²) in [7, 11) is 0. The standard InChI is InChI=1S/C20H18O6/c21-19-7-3-13-1-5-15(11-17(13)25-19)23-9-10-24-16-6-2-14-4-8-20(22)26-18(14)12-16/h1-2,5-6,11-12H,3-4,7-10H2. The van der Waals surface area contributed by atoms with E-state index in [-0.39, 0.29) is 11.9 Å². The number of carbonyl (C=O) groups is 2. The molecule has 0 spiro atoms. The Morgan fingerprint density at radius 1 is 0.692 bits per heavy atom. The minimum atomic E-state index is -0.217. The van der Waals surface area contributed by atoms with Crippen molar-refractivity contribution >= 4 is 11.9 Å².